The number of nitrogens with zero attached hydrogens (tertiary/aromatic N) is 1. The predicted octanol–water partition coefficient (Wildman–Crippen LogP) is 1.54. The normalized spacial score (nSPS) is 17.6. The van der Waals surface area contributed by atoms with E-state index in [-0.39, 0.29) is 12.0 Å². The van der Waals surface area contributed by atoms with Gasteiger partial charge >= 0.3 is 0 Å². The van der Waals surface area contributed by atoms with Gasteiger partial charge in [0.1, 0.15) is 0 Å². The van der Waals surface area contributed by atoms with Gasteiger partial charge in [-0.15, -0.1) is 0 Å². The van der Waals surface area contributed by atoms with Crippen LogP contribution in [0.25, 0.3) is 0 Å². The topological polar surface area (TPSA) is 74.0 Å². The molecule has 2 N–H and O–H groups in total. The fourth-order valence-electron chi connectivity index (χ4n) is 2.46. The third-order valence-electron chi connectivity index (χ3n) is 3.63. The molecule has 1 saturated heterocycles. The first kappa shape index (κ1) is 15.4. The molecule has 1 fully saturated rings. The lowest BCUT2D eigenvalue weighted by atomic mass is 10.1. The van der Waals surface area contributed by atoms with Crippen molar-refractivity contribution in [1.29, 1.82) is 0 Å². The van der Waals surface area contributed by atoms with Crippen molar-refractivity contribution in [2.75, 3.05) is 40.2 Å². The van der Waals surface area contributed by atoms with Crippen LogP contribution in [0.3, 0.4) is 0 Å². The number of nitrogens with two attached hydrogens (primary N) is 1. The first-order valence-electron chi connectivity index (χ1n) is 6.95. The summed E-state index contributed by atoms with van der Waals surface area (Å²) in [5.41, 5.74) is 6.74. The molecule has 1 amide bonds. The van der Waals surface area contributed by atoms with E-state index in [0.717, 1.165) is 19.4 Å². The SMILES string of the molecule is COc1cc(N)c(C(=O)N(C)CC2CCCO2)cc1OC. The lowest BCUT2D eigenvalue weighted by Crippen LogP contribution is -2.34. The van der Waals surface area contributed by atoms with Gasteiger partial charge in [0.15, 0.2) is 11.5 Å². The molecule has 0 bridgehead atoms. The number of ether oxygens (including phenoxy) is 3. The van der Waals surface area contributed by atoms with E-state index in [9.17, 15) is 4.79 Å². The van der Waals surface area contributed by atoms with Gasteiger partial charge in [-0.05, 0) is 18.9 Å². The van der Waals surface area contributed by atoms with Gasteiger partial charge < -0.3 is 24.8 Å². The maximum atomic E-state index is 12.5. The largest absolute Gasteiger partial charge is 0.493 e. The number of rotatable bonds is 5. The van der Waals surface area contributed by atoms with E-state index < -0.39 is 0 Å². The molecule has 1 aromatic rings. The Labute approximate surface area is 124 Å². The molecule has 1 aromatic carbocycles. The average molecular weight is 294 g/mol. The zero-order valence-electron chi connectivity index (χ0n) is 12.7. The highest BCUT2D eigenvalue weighted by Gasteiger charge is 2.23. The summed E-state index contributed by atoms with van der Waals surface area (Å²) in [6.07, 6.45) is 2.14. The number of likely N-dealkylation sites (N-methyl/N-ethyl adjacent to an activating group) is 1. The van der Waals surface area contributed by atoms with Crippen LogP contribution in [-0.4, -0.2) is 51.3 Å². The minimum absolute atomic E-state index is 0.111. The second kappa shape index (κ2) is 6.67. The summed E-state index contributed by atoms with van der Waals surface area (Å²) in [6.45, 7) is 1.33. The molecule has 1 unspecified atom stereocenters. The summed E-state index contributed by atoms with van der Waals surface area (Å²) in [6, 6.07) is 3.22. The molecule has 1 aliphatic rings. The van der Waals surface area contributed by atoms with Crippen molar-refractivity contribution in [2.45, 2.75) is 18.9 Å². The molecule has 1 atom stereocenters. The van der Waals surface area contributed by atoms with Crippen molar-refractivity contribution >= 4 is 11.6 Å². The molecular formula is C15H22N2O4. The number of nitrogen functional groups attached to an aromatic ring is 1. The van der Waals surface area contributed by atoms with Crippen LogP contribution in [0.5, 0.6) is 11.5 Å². The van der Waals surface area contributed by atoms with Crippen molar-refractivity contribution in [3.05, 3.63) is 17.7 Å². The van der Waals surface area contributed by atoms with Crippen molar-refractivity contribution < 1.29 is 19.0 Å². The van der Waals surface area contributed by atoms with Crippen LogP contribution >= 0.6 is 0 Å². The van der Waals surface area contributed by atoms with E-state index in [1.807, 2.05) is 0 Å². The highest BCUT2D eigenvalue weighted by molar-refractivity contribution is 6.00. The Morgan fingerprint density at radius 3 is 2.62 bits per heavy atom. The van der Waals surface area contributed by atoms with Crippen LogP contribution in [0.15, 0.2) is 12.1 Å². The smallest absolute Gasteiger partial charge is 0.255 e. The quantitative estimate of drug-likeness (QED) is 0.834. The van der Waals surface area contributed by atoms with E-state index >= 15 is 0 Å². The van der Waals surface area contributed by atoms with Crippen molar-refractivity contribution in [2.24, 2.45) is 0 Å². The monoisotopic (exact) mass is 294 g/mol. The fourth-order valence-corrected chi connectivity index (χ4v) is 2.46. The fraction of sp³-hybridized carbons (Fsp3) is 0.533. The van der Waals surface area contributed by atoms with Crippen molar-refractivity contribution in [3.8, 4) is 11.5 Å². The zero-order valence-corrected chi connectivity index (χ0v) is 12.7. The van der Waals surface area contributed by atoms with E-state index in [4.69, 9.17) is 19.9 Å². The van der Waals surface area contributed by atoms with Gasteiger partial charge in [-0.25, -0.2) is 0 Å². The number of anilines is 1. The number of hydrogen-bond donors (Lipinski definition) is 1. The first-order chi connectivity index (χ1) is 10.1. The zero-order chi connectivity index (χ0) is 15.4. The molecule has 0 saturated carbocycles. The standard InChI is InChI=1S/C15H22N2O4/c1-17(9-10-5-4-6-21-10)15(18)11-7-13(19-2)14(20-3)8-12(11)16/h7-8,10H,4-6,9,16H2,1-3H3. The average Bonchev–Trinajstić information content (AvgIpc) is 2.99. The lowest BCUT2D eigenvalue weighted by Gasteiger charge is -2.22. The maximum Gasteiger partial charge on any atom is 0.255 e. The first-order valence-corrected chi connectivity index (χ1v) is 6.95. The summed E-state index contributed by atoms with van der Waals surface area (Å²) >= 11 is 0. The molecule has 116 valence electrons. The Balaban J connectivity index is 2.17. The minimum atomic E-state index is -0.149. The third-order valence-corrected chi connectivity index (χ3v) is 3.63. The number of amides is 1. The molecule has 1 heterocycles. The maximum absolute atomic E-state index is 12.5. The van der Waals surface area contributed by atoms with Gasteiger partial charge in [-0.2, -0.15) is 0 Å². The van der Waals surface area contributed by atoms with Crippen LogP contribution in [-0.2, 0) is 4.74 Å². The molecule has 1 aliphatic heterocycles. The molecular weight excluding hydrogens is 272 g/mol. The number of methoxy groups -OCH3 is 2. The van der Waals surface area contributed by atoms with Crippen LogP contribution in [0.2, 0.25) is 0 Å². The number of benzene rings is 1. The van der Waals surface area contributed by atoms with Crippen LogP contribution in [0.4, 0.5) is 5.69 Å². The Hall–Kier alpha value is -1.95. The molecule has 0 radical (unpaired) electrons. The molecule has 6 nitrogen and oxygen atoms in total. The summed E-state index contributed by atoms with van der Waals surface area (Å²) in [5, 5.41) is 0. The molecule has 0 aromatic heterocycles. The predicted molar refractivity (Wildman–Crippen MR) is 79.9 cm³/mol. The van der Waals surface area contributed by atoms with E-state index in [2.05, 4.69) is 0 Å². The van der Waals surface area contributed by atoms with Crippen LogP contribution in [0, 0.1) is 0 Å². The number of carbonyl (C=O) groups is 1. The van der Waals surface area contributed by atoms with Gasteiger partial charge in [0, 0.05) is 32.0 Å². The van der Waals surface area contributed by atoms with Gasteiger partial charge in [-0.3, -0.25) is 4.79 Å². The van der Waals surface area contributed by atoms with Crippen molar-refractivity contribution in [1.82, 2.24) is 4.90 Å². The van der Waals surface area contributed by atoms with Crippen LogP contribution < -0.4 is 15.2 Å². The molecule has 2 rings (SSSR count). The highest BCUT2D eigenvalue weighted by Crippen LogP contribution is 2.32. The molecule has 21 heavy (non-hydrogen) atoms. The van der Waals surface area contributed by atoms with E-state index in [1.54, 1.807) is 24.1 Å². The second-order valence-corrected chi connectivity index (χ2v) is 5.12. The van der Waals surface area contributed by atoms with Crippen molar-refractivity contribution in [3.63, 3.8) is 0 Å². The summed E-state index contributed by atoms with van der Waals surface area (Å²) < 4.78 is 15.9. The third kappa shape index (κ3) is 3.39. The van der Waals surface area contributed by atoms with E-state index in [1.165, 1.54) is 14.2 Å². The summed E-state index contributed by atoms with van der Waals surface area (Å²) in [7, 11) is 4.81. The molecule has 0 spiro atoms. The number of hydrogen-bond acceptors (Lipinski definition) is 5. The Kier molecular flexibility index (Phi) is 4.90. The molecule has 6 heteroatoms. The lowest BCUT2D eigenvalue weighted by molar-refractivity contribution is 0.0587. The summed E-state index contributed by atoms with van der Waals surface area (Å²) in [5.74, 6) is 0.845. The van der Waals surface area contributed by atoms with Crippen LogP contribution in [0.1, 0.15) is 23.2 Å². The Bertz CT molecular complexity index is 513. The van der Waals surface area contributed by atoms with Gasteiger partial charge in [0.05, 0.1) is 25.9 Å². The second-order valence-electron chi connectivity index (χ2n) is 5.12. The Morgan fingerprint density at radius 1 is 1.38 bits per heavy atom. The molecule has 0 aliphatic carbocycles. The van der Waals surface area contributed by atoms with E-state index in [0.29, 0.717) is 29.3 Å². The Morgan fingerprint density at radius 2 is 2.05 bits per heavy atom. The summed E-state index contributed by atoms with van der Waals surface area (Å²) in [4.78, 5) is 14.1. The minimum Gasteiger partial charge on any atom is -0.493 e. The van der Waals surface area contributed by atoms with Gasteiger partial charge in [0.25, 0.3) is 5.91 Å². The van der Waals surface area contributed by atoms with Gasteiger partial charge in [-0.1, -0.05) is 0 Å². The number of carbonyl (C=O) groups excluding carboxylic acids is 1. The van der Waals surface area contributed by atoms with Gasteiger partial charge in [0.2, 0.25) is 0 Å². The highest BCUT2D eigenvalue weighted by atomic mass is 16.5.